The zero-order valence-corrected chi connectivity index (χ0v) is 32.0. The Kier molecular flexibility index (Phi) is 11.9. The number of aromatic nitrogens is 4. The molecule has 1 aromatic carbocycles. The van der Waals surface area contributed by atoms with Gasteiger partial charge in [0.15, 0.2) is 17.2 Å². The van der Waals surface area contributed by atoms with Gasteiger partial charge in [-0.25, -0.2) is 18.9 Å². The maximum Gasteiger partial charge on any atom is 0.410 e. The van der Waals surface area contributed by atoms with E-state index in [-0.39, 0.29) is 35.1 Å². The van der Waals surface area contributed by atoms with E-state index in [1.54, 1.807) is 4.90 Å². The van der Waals surface area contributed by atoms with Crippen molar-refractivity contribution in [2.24, 2.45) is 0 Å². The molecule has 0 unspecified atom stereocenters. The van der Waals surface area contributed by atoms with Crippen molar-refractivity contribution in [3.8, 4) is 0 Å². The van der Waals surface area contributed by atoms with Crippen molar-refractivity contribution in [3.05, 3.63) is 21.9 Å². The van der Waals surface area contributed by atoms with Crippen molar-refractivity contribution in [2.45, 2.75) is 112 Å². The number of fused-ring (bicyclic) bond motifs is 3. The molecule has 13 heteroatoms. The van der Waals surface area contributed by atoms with E-state index in [2.05, 4.69) is 57.1 Å². The van der Waals surface area contributed by atoms with Crippen molar-refractivity contribution in [1.82, 2.24) is 29.8 Å². The SMILES string of the molecule is CC.CC(=O)OC(C)(C)C.Cc1cc2c(nc(N3CC(C)(N(C)C)C3)c3nnn(C4CCN(C(=O)OC(C)(C)C)CC4)c32)c(F)c1Br. The van der Waals surface area contributed by atoms with E-state index in [9.17, 15) is 9.59 Å². The number of ether oxygens (including phenoxy) is 2. The van der Waals surface area contributed by atoms with E-state index >= 15 is 4.39 Å². The lowest BCUT2D eigenvalue weighted by Crippen LogP contribution is -2.67. The lowest BCUT2D eigenvalue weighted by atomic mass is 9.90. The summed E-state index contributed by atoms with van der Waals surface area (Å²) < 4.78 is 28.2. The molecule has 0 saturated carbocycles. The molecule has 0 aliphatic carbocycles. The first-order chi connectivity index (χ1) is 21.7. The van der Waals surface area contributed by atoms with Crippen molar-refractivity contribution in [1.29, 1.82) is 0 Å². The molecule has 4 heterocycles. The Morgan fingerprint density at radius 1 is 1.02 bits per heavy atom. The van der Waals surface area contributed by atoms with Gasteiger partial charge in [-0.1, -0.05) is 19.1 Å². The zero-order chi connectivity index (χ0) is 35.6. The molecule has 2 aliphatic heterocycles. The molecule has 11 nitrogen and oxygen atoms in total. The summed E-state index contributed by atoms with van der Waals surface area (Å²) in [5.74, 6) is 0.0629. The number of carbonyl (C=O) groups is 2. The first-order valence-electron chi connectivity index (χ1n) is 16.3. The highest BCUT2D eigenvalue weighted by Gasteiger charge is 2.43. The molecule has 0 radical (unpaired) electrons. The minimum atomic E-state index is -0.534. The Morgan fingerprint density at radius 2 is 1.57 bits per heavy atom. The fraction of sp³-hybridized carbons (Fsp3) is 0.676. The number of amides is 1. The molecule has 262 valence electrons. The number of hydrogen-bond donors (Lipinski definition) is 0. The van der Waals surface area contributed by atoms with Crippen LogP contribution in [0.4, 0.5) is 15.0 Å². The summed E-state index contributed by atoms with van der Waals surface area (Å²) in [5.41, 5.74) is 1.73. The highest BCUT2D eigenvalue weighted by Crippen LogP contribution is 2.40. The first-order valence-corrected chi connectivity index (χ1v) is 17.1. The van der Waals surface area contributed by atoms with Crippen LogP contribution < -0.4 is 4.90 Å². The predicted octanol–water partition coefficient (Wildman–Crippen LogP) is 7.28. The van der Waals surface area contributed by atoms with Crippen molar-refractivity contribution >= 4 is 55.7 Å². The third-order valence-corrected chi connectivity index (χ3v) is 9.07. The van der Waals surface area contributed by atoms with E-state index in [1.165, 1.54) is 6.92 Å². The summed E-state index contributed by atoms with van der Waals surface area (Å²) in [4.78, 5) is 33.7. The monoisotopic (exact) mass is 721 g/mol. The van der Waals surface area contributed by atoms with Crippen LogP contribution in [0.3, 0.4) is 0 Å². The second-order valence-corrected chi connectivity index (χ2v) is 15.3. The summed E-state index contributed by atoms with van der Waals surface area (Å²) in [6, 6.07) is 1.98. The number of pyridine rings is 1. The number of aryl methyl sites for hydroxylation is 1. The fourth-order valence-electron chi connectivity index (χ4n) is 5.62. The van der Waals surface area contributed by atoms with Gasteiger partial charge in [-0.3, -0.25) is 4.79 Å². The summed E-state index contributed by atoms with van der Waals surface area (Å²) >= 11 is 3.40. The van der Waals surface area contributed by atoms with Gasteiger partial charge in [0.1, 0.15) is 22.2 Å². The van der Waals surface area contributed by atoms with Crippen molar-refractivity contribution in [3.63, 3.8) is 0 Å². The number of halogens is 2. The standard InChI is InChI=1S/C26H35BrFN7O2.C6H12O2.C2H6/c1-15-12-17-20(19(28)18(15)27)29-23(34-13-26(5,14-34)32(6)7)21-22(17)35(31-30-21)16-8-10-33(11-9-16)24(36)37-25(2,3)4;1-5(7)8-6(2,3)4;1-2/h12,16H,8-11,13-14H2,1-7H3;1-4H3;1-2H3. The Bertz CT molecular complexity index is 1580. The van der Waals surface area contributed by atoms with E-state index in [0.29, 0.717) is 52.6 Å². The summed E-state index contributed by atoms with van der Waals surface area (Å²) in [6.45, 7) is 23.3. The quantitative estimate of drug-likeness (QED) is 0.258. The molecular formula is C34H53BrFN7O4. The summed E-state index contributed by atoms with van der Waals surface area (Å²) in [6.07, 6.45) is 1.12. The number of anilines is 1. The van der Waals surface area contributed by atoms with Crippen LogP contribution in [0.2, 0.25) is 0 Å². The van der Waals surface area contributed by atoms with Gasteiger partial charge in [0, 0.05) is 38.5 Å². The second-order valence-electron chi connectivity index (χ2n) is 14.5. The molecular weight excluding hydrogens is 669 g/mol. The zero-order valence-electron chi connectivity index (χ0n) is 30.4. The second kappa shape index (κ2) is 14.6. The van der Waals surface area contributed by atoms with Gasteiger partial charge in [0.05, 0.1) is 16.1 Å². The molecule has 2 fully saturated rings. The van der Waals surface area contributed by atoms with Crippen LogP contribution in [0.1, 0.15) is 93.7 Å². The molecule has 5 rings (SSSR count). The number of nitrogens with zero attached hydrogens (tertiary/aromatic N) is 7. The van der Waals surface area contributed by atoms with Crippen LogP contribution in [0, 0.1) is 12.7 Å². The normalized spacial score (nSPS) is 16.7. The van der Waals surface area contributed by atoms with Gasteiger partial charge in [-0.15, -0.1) is 5.10 Å². The van der Waals surface area contributed by atoms with Crippen LogP contribution in [0.15, 0.2) is 10.5 Å². The number of benzene rings is 1. The lowest BCUT2D eigenvalue weighted by molar-refractivity contribution is -0.151. The summed E-state index contributed by atoms with van der Waals surface area (Å²) in [7, 11) is 4.14. The van der Waals surface area contributed by atoms with Gasteiger partial charge in [0.25, 0.3) is 0 Å². The van der Waals surface area contributed by atoms with Gasteiger partial charge in [0.2, 0.25) is 0 Å². The Balaban J connectivity index is 0.000000527. The molecule has 1 amide bonds. The van der Waals surface area contributed by atoms with Crippen LogP contribution in [0.5, 0.6) is 0 Å². The van der Waals surface area contributed by atoms with E-state index in [1.807, 2.05) is 73.1 Å². The van der Waals surface area contributed by atoms with Crippen LogP contribution in [-0.2, 0) is 14.3 Å². The van der Waals surface area contributed by atoms with Gasteiger partial charge >= 0.3 is 12.1 Å². The number of hydrogen-bond acceptors (Lipinski definition) is 9. The Labute approximate surface area is 287 Å². The largest absolute Gasteiger partial charge is 0.460 e. The predicted molar refractivity (Wildman–Crippen MR) is 188 cm³/mol. The Hall–Kier alpha value is -3.06. The number of carbonyl (C=O) groups excluding carboxylic acids is 2. The van der Waals surface area contributed by atoms with Crippen molar-refractivity contribution in [2.75, 3.05) is 45.2 Å². The first kappa shape index (κ1) is 38.4. The van der Waals surface area contributed by atoms with Crippen molar-refractivity contribution < 1.29 is 23.5 Å². The fourth-order valence-corrected chi connectivity index (χ4v) is 5.92. The number of piperidine rings is 1. The maximum absolute atomic E-state index is 15.5. The van der Waals surface area contributed by atoms with E-state index in [4.69, 9.17) is 14.5 Å². The van der Waals surface area contributed by atoms with E-state index in [0.717, 1.165) is 24.2 Å². The molecule has 2 aromatic heterocycles. The van der Waals surface area contributed by atoms with Gasteiger partial charge < -0.3 is 24.2 Å². The third-order valence-electron chi connectivity index (χ3n) is 8.10. The number of esters is 1. The molecule has 2 aliphatic rings. The molecule has 0 spiro atoms. The highest BCUT2D eigenvalue weighted by molar-refractivity contribution is 9.10. The maximum atomic E-state index is 15.5. The molecule has 0 N–H and O–H groups in total. The number of likely N-dealkylation sites (N-methyl/N-ethyl adjacent to an activating group) is 1. The molecule has 0 bridgehead atoms. The van der Waals surface area contributed by atoms with Gasteiger partial charge in [-0.05, 0) is 110 Å². The topological polar surface area (TPSA) is 106 Å². The molecule has 2 saturated heterocycles. The van der Waals surface area contributed by atoms with E-state index < -0.39 is 5.60 Å². The van der Waals surface area contributed by atoms with Crippen LogP contribution in [-0.4, -0.2) is 98.9 Å². The molecule has 3 aromatic rings. The average Bonchev–Trinajstić information content (AvgIpc) is 3.39. The molecule has 0 atom stereocenters. The minimum Gasteiger partial charge on any atom is -0.460 e. The lowest BCUT2D eigenvalue weighted by Gasteiger charge is -2.52. The third kappa shape index (κ3) is 8.90. The Morgan fingerprint density at radius 3 is 2.04 bits per heavy atom. The number of likely N-dealkylation sites (tertiary alicyclic amines) is 1. The highest BCUT2D eigenvalue weighted by atomic mass is 79.9. The van der Waals surface area contributed by atoms with Gasteiger partial charge in [-0.2, -0.15) is 0 Å². The minimum absolute atomic E-state index is 0.0137. The number of rotatable bonds is 3. The van der Waals surface area contributed by atoms with Crippen LogP contribution >= 0.6 is 15.9 Å². The average molecular weight is 723 g/mol. The summed E-state index contributed by atoms with van der Waals surface area (Å²) in [5, 5.41) is 9.85. The molecule has 47 heavy (non-hydrogen) atoms. The van der Waals surface area contributed by atoms with Crippen LogP contribution in [0.25, 0.3) is 21.9 Å². The smallest absolute Gasteiger partial charge is 0.410 e.